The van der Waals surface area contributed by atoms with Gasteiger partial charge in [-0.25, -0.2) is 0 Å². The average molecular weight is 239 g/mol. The molecule has 1 saturated carbocycles. The number of fused-ring (bicyclic) bond motifs is 1. The van der Waals surface area contributed by atoms with Gasteiger partial charge in [0.05, 0.1) is 0 Å². The van der Waals surface area contributed by atoms with Crippen molar-refractivity contribution in [3.05, 3.63) is 48.0 Å². The number of hydrogen-bond acceptors (Lipinski definition) is 1. The van der Waals surface area contributed by atoms with Gasteiger partial charge in [-0.1, -0.05) is 43.3 Å². The molecule has 1 heteroatoms. The van der Waals surface area contributed by atoms with Gasteiger partial charge >= 0.3 is 0 Å². The molecule has 1 atom stereocenters. The Morgan fingerprint density at radius 2 is 1.78 bits per heavy atom. The van der Waals surface area contributed by atoms with E-state index in [9.17, 15) is 0 Å². The van der Waals surface area contributed by atoms with E-state index in [0.29, 0.717) is 6.04 Å². The van der Waals surface area contributed by atoms with Gasteiger partial charge < -0.3 is 5.32 Å². The third-order valence-electron chi connectivity index (χ3n) is 4.13. The van der Waals surface area contributed by atoms with Gasteiger partial charge in [0.2, 0.25) is 0 Å². The topological polar surface area (TPSA) is 12.0 Å². The second-order valence-electron chi connectivity index (χ2n) is 5.77. The number of hydrogen-bond donors (Lipinski definition) is 1. The zero-order valence-corrected chi connectivity index (χ0v) is 11.2. The van der Waals surface area contributed by atoms with Crippen molar-refractivity contribution in [3.63, 3.8) is 0 Å². The minimum Gasteiger partial charge on any atom is -0.307 e. The van der Waals surface area contributed by atoms with Crippen LogP contribution in [0.15, 0.2) is 42.5 Å². The molecule has 0 saturated heterocycles. The van der Waals surface area contributed by atoms with Crippen molar-refractivity contribution in [1.82, 2.24) is 5.32 Å². The first kappa shape index (κ1) is 11.7. The summed E-state index contributed by atoms with van der Waals surface area (Å²) in [6.45, 7) is 4.60. The fraction of sp³-hybridized carbons (Fsp3) is 0.412. The Labute approximate surface area is 109 Å². The normalized spacial score (nSPS) is 24.8. The van der Waals surface area contributed by atoms with Crippen LogP contribution in [0.3, 0.4) is 0 Å². The molecule has 1 aliphatic carbocycles. The second kappa shape index (κ2) is 4.74. The molecule has 2 aromatic carbocycles. The van der Waals surface area contributed by atoms with Crippen LogP contribution >= 0.6 is 0 Å². The highest BCUT2D eigenvalue weighted by Gasteiger charge is 2.26. The van der Waals surface area contributed by atoms with Crippen LogP contribution in [-0.2, 0) is 0 Å². The van der Waals surface area contributed by atoms with Gasteiger partial charge in [0, 0.05) is 12.1 Å². The van der Waals surface area contributed by atoms with Gasteiger partial charge in [0.1, 0.15) is 0 Å². The largest absolute Gasteiger partial charge is 0.307 e. The van der Waals surface area contributed by atoms with E-state index in [0.717, 1.165) is 12.0 Å². The first-order valence-corrected chi connectivity index (χ1v) is 6.97. The van der Waals surface area contributed by atoms with E-state index >= 15 is 0 Å². The highest BCUT2D eigenvalue weighted by Crippen LogP contribution is 2.29. The first-order chi connectivity index (χ1) is 8.72. The zero-order chi connectivity index (χ0) is 12.5. The molecule has 0 aromatic heterocycles. The molecule has 0 amide bonds. The van der Waals surface area contributed by atoms with Crippen molar-refractivity contribution in [2.45, 2.75) is 38.8 Å². The maximum Gasteiger partial charge on any atom is 0.0294 e. The summed E-state index contributed by atoms with van der Waals surface area (Å²) in [5.74, 6) is 0.909. The molecular formula is C17H21N. The maximum absolute atomic E-state index is 3.73. The van der Waals surface area contributed by atoms with Crippen molar-refractivity contribution >= 4 is 10.8 Å². The first-order valence-electron chi connectivity index (χ1n) is 6.97. The number of benzene rings is 2. The monoisotopic (exact) mass is 239 g/mol. The predicted molar refractivity (Wildman–Crippen MR) is 77.7 cm³/mol. The molecule has 0 heterocycles. The molecule has 1 nitrogen and oxygen atoms in total. The summed E-state index contributed by atoms with van der Waals surface area (Å²) in [7, 11) is 0. The van der Waals surface area contributed by atoms with Gasteiger partial charge in [-0.15, -0.1) is 0 Å². The molecule has 1 aliphatic rings. The van der Waals surface area contributed by atoms with E-state index in [1.165, 1.54) is 29.2 Å². The minimum atomic E-state index is 0.451. The fourth-order valence-electron chi connectivity index (χ4n) is 2.97. The highest BCUT2D eigenvalue weighted by atomic mass is 15.0. The van der Waals surface area contributed by atoms with Gasteiger partial charge in [-0.3, -0.25) is 0 Å². The molecule has 0 radical (unpaired) electrons. The fourth-order valence-corrected chi connectivity index (χ4v) is 2.97. The van der Waals surface area contributed by atoms with Gasteiger partial charge in [0.25, 0.3) is 0 Å². The Bertz CT molecular complexity index is 540. The lowest BCUT2D eigenvalue weighted by Crippen LogP contribution is -2.41. The molecular weight excluding hydrogens is 218 g/mol. The van der Waals surface area contributed by atoms with Crippen LogP contribution in [0.25, 0.3) is 10.8 Å². The summed E-state index contributed by atoms with van der Waals surface area (Å²) < 4.78 is 0. The van der Waals surface area contributed by atoms with Gasteiger partial charge in [-0.2, -0.15) is 0 Å². The SMILES string of the molecule is CC1CC(NC(C)c2ccc3ccccc3c2)C1. The molecule has 1 fully saturated rings. The summed E-state index contributed by atoms with van der Waals surface area (Å²) in [4.78, 5) is 0. The predicted octanol–water partition coefficient (Wildman–Crippen LogP) is 4.29. The zero-order valence-electron chi connectivity index (χ0n) is 11.2. The summed E-state index contributed by atoms with van der Waals surface area (Å²) in [5.41, 5.74) is 1.40. The van der Waals surface area contributed by atoms with Crippen LogP contribution in [0.2, 0.25) is 0 Å². The average Bonchev–Trinajstić information content (AvgIpc) is 2.36. The van der Waals surface area contributed by atoms with E-state index < -0.39 is 0 Å². The lowest BCUT2D eigenvalue weighted by atomic mass is 9.81. The Morgan fingerprint density at radius 3 is 2.50 bits per heavy atom. The van der Waals surface area contributed by atoms with Crippen LogP contribution in [0.1, 0.15) is 38.3 Å². The van der Waals surface area contributed by atoms with E-state index in [-0.39, 0.29) is 0 Å². The van der Waals surface area contributed by atoms with Crippen LogP contribution < -0.4 is 5.32 Å². The summed E-state index contributed by atoms with van der Waals surface area (Å²) in [6, 6.07) is 16.5. The van der Waals surface area contributed by atoms with Crippen LogP contribution in [0, 0.1) is 5.92 Å². The van der Waals surface area contributed by atoms with Crippen LogP contribution in [0.4, 0.5) is 0 Å². The quantitative estimate of drug-likeness (QED) is 0.842. The molecule has 0 bridgehead atoms. The molecule has 94 valence electrons. The Balaban J connectivity index is 1.76. The molecule has 0 aliphatic heterocycles. The molecule has 1 N–H and O–H groups in total. The van der Waals surface area contributed by atoms with E-state index in [4.69, 9.17) is 0 Å². The smallest absolute Gasteiger partial charge is 0.0294 e. The summed E-state index contributed by atoms with van der Waals surface area (Å²) >= 11 is 0. The number of rotatable bonds is 3. The lowest BCUT2D eigenvalue weighted by Gasteiger charge is -2.35. The van der Waals surface area contributed by atoms with Crippen molar-refractivity contribution in [3.8, 4) is 0 Å². The molecule has 18 heavy (non-hydrogen) atoms. The minimum absolute atomic E-state index is 0.451. The summed E-state index contributed by atoms with van der Waals surface area (Å²) in [5, 5.41) is 6.39. The third-order valence-corrected chi connectivity index (χ3v) is 4.13. The lowest BCUT2D eigenvalue weighted by molar-refractivity contribution is 0.226. The van der Waals surface area contributed by atoms with Crippen molar-refractivity contribution in [2.24, 2.45) is 5.92 Å². The third kappa shape index (κ3) is 2.28. The number of nitrogens with one attached hydrogen (secondary N) is 1. The summed E-state index contributed by atoms with van der Waals surface area (Å²) in [6.07, 6.45) is 2.66. The van der Waals surface area contributed by atoms with E-state index in [1.54, 1.807) is 0 Å². The highest BCUT2D eigenvalue weighted by molar-refractivity contribution is 5.83. The van der Waals surface area contributed by atoms with E-state index in [1.807, 2.05) is 0 Å². The second-order valence-corrected chi connectivity index (χ2v) is 5.77. The van der Waals surface area contributed by atoms with Crippen molar-refractivity contribution in [2.75, 3.05) is 0 Å². The Morgan fingerprint density at radius 1 is 1.06 bits per heavy atom. The molecule has 1 unspecified atom stereocenters. The van der Waals surface area contributed by atoms with Crippen LogP contribution in [0.5, 0.6) is 0 Å². The molecule has 3 rings (SSSR count). The Kier molecular flexibility index (Phi) is 3.09. The molecule has 0 spiro atoms. The van der Waals surface area contributed by atoms with Crippen molar-refractivity contribution < 1.29 is 0 Å². The molecule has 2 aromatic rings. The van der Waals surface area contributed by atoms with Crippen molar-refractivity contribution in [1.29, 1.82) is 0 Å². The standard InChI is InChI=1S/C17H21N/c1-12-9-17(10-12)18-13(2)15-8-7-14-5-3-4-6-16(14)11-15/h3-8,11-13,17-18H,9-10H2,1-2H3. The van der Waals surface area contributed by atoms with Gasteiger partial charge in [-0.05, 0) is 48.1 Å². The van der Waals surface area contributed by atoms with E-state index in [2.05, 4.69) is 61.6 Å². The van der Waals surface area contributed by atoms with Gasteiger partial charge in [0.15, 0.2) is 0 Å². The van der Waals surface area contributed by atoms with Crippen LogP contribution in [-0.4, -0.2) is 6.04 Å². The Hall–Kier alpha value is -1.34. The maximum atomic E-state index is 3.73.